The van der Waals surface area contributed by atoms with Gasteiger partial charge in [-0.15, -0.1) is 0 Å². The summed E-state index contributed by atoms with van der Waals surface area (Å²) in [5.41, 5.74) is 6.11. The Hall–Kier alpha value is -2.55. The van der Waals surface area contributed by atoms with E-state index in [0.29, 0.717) is 11.6 Å². The highest BCUT2D eigenvalue weighted by Crippen LogP contribution is 2.25. The fraction of sp³-hybridized carbons (Fsp3) is 0.333. The van der Waals surface area contributed by atoms with E-state index in [9.17, 15) is 8.42 Å². The lowest BCUT2D eigenvalue weighted by molar-refractivity contribution is 0.600. The number of rotatable bonds is 5. The molecule has 2 aromatic rings. The largest absolute Gasteiger partial charge is 0.399 e. The monoisotopic (exact) mass is 348 g/mol. The normalized spacial score (nSPS) is 14.2. The molecule has 1 saturated heterocycles. The molecular formula is C15H20N6O2S. The van der Waals surface area contributed by atoms with E-state index in [0.717, 1.165) is 25.3 Å². The van der Waals surface area contributed by atoms with E-state index in [2.05, 4.69) is 19.6 Å². The second kappa shape index (κ2) is 6.16. The number of hydrogen-bond donors (Lipinski definition) is 2. The molecule has 0 radical (unpaired) electrons. The van der Waals surface area contributed by atoms with E-state index < -0.39 is 10.0 Å². The van der Waals surface area contributed by atoms with Gasteiger partial charge in [-0.1, -0.05) is 0 Å². The number of nitrogens with two attached hydrogens (primary N) is 1. The van der Waals surface area contributed by atoms with Gasteiger partial charge in [0.2, 0.25) is 5.95 Å². The molecule has 8 nitrogen and oxygen atoms in total. The number of anilines is 4. The van der Waals surface area contributed by atoms with Gasteiger partial charge in [0.1, 0.15) is 11.6 Å². The molecule has 0 aliphatic carbocycles. The Balaban J connectivity index is 1.93. The molecular weight excluding hydrogens is 328 g/mol. The van der Waals surface area contributed by atoms with Gasteiger partial charge < -0.3 is 15.5 Å². The molecule has 24 heavy (non-hydrogen) atoms. The lowest BCUT2D eigenvalue weighted by atomic mass is 10.2. The van der Waals surface area contributed by atoms with Crippen LogP contribution in [0.5, 0.6) is 0 Å². The molecule has 0 spiro atoms. The minimum Gasteiger partial charge on any atom is -0.399 e. The lowest BCUT2D eigenvalue weighted by Gasteiger charge is -2.32. The summed E-state index contributed by atoms with van der Waals surface area (Å²) in [6.07, 6.45) is 1.10. The van der Waals surface area contributed by atoms with E-state index >= 15 is 0 Å². The van der Waals surface area contributed by atoms with Crippen molar-refractivity contribution in [2.24, 2.45) is 0 Å². The minimum atomic E-state index is -3.74. The van der Waals surface area contributed by atoms with Crippen LogP contribution in [0, 0.1) is 0 Å². The van der Waals surface area contributed by atoms with Crippen molar-refractivity contribution in [3.8, 4) is 0 Å². The molecule has 1 aliphatic heterocycles. The van der Waals surface area contributed by atoms with Crippen LogP contribution < -0.4 is 20.3 Å². The molecule has 0 unspecified atom stereocenters. The molecule has 9 heteroatoms. The van der Waals surface area contributed by atoms with Crippen LogP contribution in [-0.2, 0) is 10.0 Å². The third-order valence-electron chi connectivity index (χ3n) is 3.71. The molecule has 3 N–H and O–H groups in total. The zero-order valence-corrected chi connectivity index (χ0v) is 14.4. The first-order chi connectivity index (χ1) is 11.3. The molecule has 1 fully saturated rings. The SMILES string of the molecule is CN(C)c1nc(NS(=O)(=O)c2ccc(N)cc2)cc(N2CCC2)n1. The smallest absolute Gasteiger partial charge is 0.263 e. The van der Waals surface area contributed by atoms with Gasteiger partial charge in [-0.2, -0.15) is 9.97 Å². The Bertz CT molecular complexity index is 832. The van der Waals surface area contributed by atoms with Crippen molar-refractivity contribution in [2.75, 3.05) is 47.4 Å². The van der Waals surface area contributed by atoms with Gasteiger partial charge in [0.05, 0.1) is 4.90 Å². The summed E-state index contributed by atoms with van der Waals surface area (Å²) in [6, 6.07) is 7.67. The summed E-state index contributed by atoms with van der Waals surface area (Å²) in [5, 5.41) is 0. The number of benzene rings is 1. The Morgan fingerprint density at radius 1 is 1.17 bits per heavy atom. The maximum absolute atomic E-state index is 12.5. The molecule has 0 atom stereocenters. The third-order valence-corrected chi connectivity index (χ3v) is 5.08. The molecule has 3 rings (SSSR count). The zero-order chi connectivity index (χ0) is 17.3. The van der Waals surface area contributed by atoms with Crippen molar-refractivity contribution in [1.29, 1.82) is 0 Å². The van der Waals surface area contributed by atoms with Crippen LogP contribution in [0.3, 0.4) is 0 Å². The number of nitrogen functional groups attached to an aromatic ring is 1. The summed E-state index contributed by atoms with van der Waals surface area (Å²) in [4.78, 5) is 12.7. The minimum absolute atomic E-state index is 0.132. The number of aromatic nitrogens is 2. The lowest BCUT2D eigenvalue weighted by Crippen LogP contribution is -2.38. The fourth-order valence-corrected chi connectivity index (χ4v) is 3.22. The summed E-state index contributed by atoms with van der Waals surface area (Å²) in [5.74, 6) is 1.41. The maximum atomic E-state index is 12.5. The standard InChI is InChI=1S/C15H20N6O2S/c1-20(2)15-17-13(10-14(18-15)21-8-3-9-21)19-24(22,23)12-6-4-11(16)5-7-12/h4-7,10H,3,8-9,16H2,1-2H3,(H,17,18,19). The second-order valence-corrected chi connectivity index (χ2v) is 7.50. The Labute approximate surface area is 141 Å². The molecule has 2 heterocycles. The topological polar surface area (TPSA) is 104 Å². The average Bonchev–Trinajstić information content (AvgIpc) is 2.45. The first kappa shape index (κ1) is 16.3. The van der Waals surface area contributed by atoms with Crippen molar-refractivity contribution in [2.45, 2.75) is 11.3 Å². The second-order valence-electron chi connectivity index (χ2n) is 5.82. The van der Waals surface area contributed by atoms with Gasteiger partial charge in [-0.3, -0.25) is 4.72 Å². The van der Waals surface area contributed by atoms with E-state index in [-0.39, 0.29) is 10.7 Å². The van der Waals surface area contributed by atoms with Gasteiger partial charge >= 0.3 is 0 Å². The van der Waals surface area contributed by atoms with E-state index in [4.69, 9.17) is 5.73 Å². The molecule has 0 saturated carbocycles. The predicted octanol–water partition coefficient (Wildman–Crippen LogP) is 1.14. The van der Waals surface area contributed by atoms with Crippen molar-refractivity contribution < 1.29 is 8.42 Å². The Kier molecular flexibility index (Phi) is 4.18. The molecule has 1 aliphatic rings. The van der Waals surface area contributed by atoms with E-state index in [1.54, 1.807) is 23.1 Å². The van der Waals surface area contributed by atoms with Crippen molar-refractivity contribution in [3.05, 3.63) is 30.3 Å². The van der Waals surface area contributed by atoms with Crippen molar-refractivity contribution in [3.63, 3.8) is 0 Å². The van der Waals surface area contributed by atoms with Gasteiger partial charge in [0.15, 0.2) is 0 Å². The highest BCUT2D eigenvalue weighted by atomic mass is 32.2. The van der Waals surface area contributed by atoms with Crippen molar-refractivity contribution >= 4 is 33.3 Å². The number of nitrogens with zero attached hydrogens (tertiary/aromatic N) is 4. The first-order valence-electron chi connectivity index (χ1n) is 7.55. The van der Waals surface area contributed by atoms with Gasteiger partial charge in [0.25, 0.3) is 10.0 Å². The summed E-state index contributed by atoms with van der Waals surface area (Å²) >= 11 is 0. The Morgan fingerprint density at radius 2 is 1.83 bits per heavy atom. The molecule has 0 bridgehead atoms. The van der Waals surface area contributed by atoms with Gasteiger partial charge in [0, 0.05) is 38.9 Å². The van der Waals surface area contributed by atoms with Crippen LogP contribution in [0.25, 0.3) is 0 Å². The van der Waals surface area contributed by atoms with Crippen LogP contribution in [0.1, 0.15) is 6.42 Å². The molecule has 128 valence electrons. The molecule has 0 amide bonds. The highest BCUT2D eigenvalue weighted by Gasteiger charge is 2.21. The highest BCUT2D eigenvalue weighted by molar-refractivity contribution is 7.92. The summed E-state index contributed by atoms with van der Waals surface area (Å²) < 4.78 is 27.6. The van der Waals surface area contributed by atoms with Crippen LogP contribution in [0.2, 0.25) is 0 Å². The van der Waals surface area contributed by atoms with Crippen LogP contribution in [0.4, 0.5) is 23.3 Å². The average molecular weight is 348 g/mol. The third kappa shape index (κ3) is 3.35. The van der Waals surface area contributed by atoms with Gasteiger partial charge in [-0.05, 0) is 30.7 Å². The summed E-state index contributed by atoms with van der Waals surface area (Å²) in [6.45, 7) is 1.82. The quantitative estimate of drug-likeness (QED) is 0.781. The van der Waals surface area contributed by atoms with Crippen LogP contribution >= 0.6 is 0 Å². The number of sulfonamides is 1. The molecule has 1 aromatic heterocycles. The fourth-order valence-electron chi connectivity index (χ4n) is 2.23. The van der Waals surface area contributed by atoms with Gasteiger partial charge in [-0.25, -0.2) is 8.42 Å². The molecule has 1 aromatic carbocycles. The van der Waals surface area contributed by atoms with Crippen molar-refractivity contribution in [1.82, 2.24) is 9.97 Å². The predicted molar refractivity (Wildman–Crippen MR) is 94.9 cm³/mol. The van der Waals surface area contributed by atoms with E-state index in [1.165, 1.54) is 12.1 Å². The first-order valence-corrected chi connectivity index (χ1v) is 9.03. The Morgan fingerprint density at radius 3 is 2.38 bits per heavy atom. The zero-order valence-electron chi connectivity index (χ0n) is 13.6. The number of nitrogens with one attached hydrogen (secondary N) is 1. The van der Waals surface area contributed by atoms with Crippen LogP contribution in [-0.4, -0.2) is 45.6 Å². The van der Waals surface area contributed by atoms with Crippen LogP contribution in [0.15, 0.2) is 35.2 Å². The van der Waals surface area contributed by atoms with E-state index in [1.807, 2.05) is 14.1 Å². The summed E-state index contributed by atoms with van der Waals surface area (Å²) in [7, 11) is -0.111. The maximum Gasteiger partial charge on any atom is 0.263 e. The number of hydrogen-bond acceptors (Lipinski definition) is 7.